The van der Waals surface area contributed by atoms with E-state index >= 15 is 0 Å². The minimum absolute atomic E-state index is 0.256. The smallest absolute Gasteiger partial charge is 0.225 e. The number of furan rings is 1. The van der Waals surface area contributed by atoms with Gasteiger partial charge in [0.2, 0.25) is 11.8 Å². The molecule has 0 spiro atoms. The lowest BCUT2D eigenvalue weighted by Crippen LogP contribution is -2.06. The zero-order valence-electron chi connectivity index (χ0n) is 13.0. The van der Waals surface area contributed by atoms with E-state index in [4.69, 9.17) is 10.2 Å². The van der Waals surface area contributed by atoms with E-state index in [1.807, 2.05) is 16.9 Å². The van der Waals surface area contributed by atoms with E-state index in [9.17, 15) is 0 Å². The van der Waals surface area contributed by atoms with Crippen LogP contribution in [0.3, 0.4) is 0 Å². The normalized spacial score (nSPS) is 13.1. The highest BCUT2D eigenvalue weighted by atomic mass is 16.3. The van der Waals surface area contributed by atoms with E-state index in [1.54, 1.807) is 12.3 Å². The molecule has 0 amide bonds. The van der Waals surface area contributed by atoms with E-state index in [-0.39, 0.29) is 5.95 Å². The van der Waals surface area contributed by atoms with Gasteiger partial charge in [0.25, 0.3) is 0 Å². The summed E-state index contributed by atoms with van der Waals surface area (Å²) in [4.78, 5) is 8.87. The molecule has 4 aromatic rings. The van der Waals surface area contributed by atoms with Crippen molar-refractivity contribution in [2.24, 2.45) is 5.92 Å². The monoisotopic (exact) mass is 311 g/mol. The molecule has 1 unspecified atom stereocenters. The van der Waals surface area contributed by atoms with Crippen LogP contribution in [0, 0.1) is 5.92 Å². The Kier molecular flexibility index (Phi) is 3.03. The largest absolute Gasteiger partial charge is 0.461 e. The van der Waals surface area contributed by atoms with Crippen LogP contribution in [-0.4, -0.2) is 29.4 Å². The van der Waals surface area contributed by atoms with Crippen molar-refractivity contribution < 1.29 is 4.42 Å². The van der Waals surface area contributed by atoms with Gasteiger partial charge in [0.1, 0.15) is 0 Å². The zero-order chi connectivity index (χ0) is 16.0. The summed E-state index contributed by atoms with van der Waals surface area (Å²) >= 11 is 0. The number of nitrogens with zero attached hydrogens (tertiary/aromatic N) is 6. The Morgan fingerprint density at radius 2 is 2.17 bits per heavy atom. The van der Waals surface area contributed by atoms with Crippen molar-refractivity contribution in [3.8, 4) is 11.6 Å². The number of rotatable bonds is 4. The van der Waals surface area contributed by atoms with Crippen LogP contribution in [-0.2, 0) is 6.54 Å². The molecule has 0 saturated carbocycles. The van der Waals surface area contributed by atoms with Crippen LogP contribution < -0.4 is 5.73 Å². The van der Waals surface area contributed by atoms with Gasteiger partial charge in [-0.1, -0.05) is 20.3 Å². The van der Waals surface area contributed by atoms with Gasteiger partial charge in [0.05, 0.1) is 11.6 Å². The molecule has 4 rings (SSSR count). The first-order valence-electron chi connectivity index (χ1n) is 7.59. The summed E-state index contributed by atoms with van der Waals surface area (Å²) in [6.07, 6.45) is 4.63. The fraction of sp³-hybridized carbons (Fsp3) is 0.333. The molecule has 8 nitrogen and oxygen atoms in total. The van der Waals surface area contributed by atoms with Gasteiger partial charge >= 0.3 is 0 Å². The van der Waals surface area contributed by atoms with Crippen molar-refractivity contribution in [3.05, 3.63) is 24.6 Å². The van der Waals surface area contributed by atoms with Crippen molar-refractivity contribution in [2.45, 2.75) is 26.8 Å². The standard InChI is InChI=1S/C15H17N7O/c1-3-9(2)7-21-8-10-12(19-21)18-15(16)22-14(10)17-13(20-22)11-5-4-6-23-11/h4-6,8-9H,3,7H2,1-2H3,(H2,16,18,19). The molecule has 4 aromatic heterocycles. The van der Waals surface area contributed by atoms with Gasteiger partial charge < -0.3 is 10.2 Å². The van der Waals surface area contributed by atoms with E-state index in [1.165, 1.54) is 4.52 Å². The van der Waals surface area contributed by atoms with Gasteiger partial charge in [-0.15, -0.1) is 5.10 Å². The Morgan fingerprint density at radius 3 is 2.91 bits per heavy atom. The lowest BCUT2D eigenvalue weighted by Gasteiger charge is -2.06. The number of aromatic nitrogens is 6. The lowest BCUT2D eigenvalue weighted by molar-refractivity contribution is 0.441. The highest BCUT2D eigenvalue weighted by molar-refractivity contribution is 5.90. The topological polar surface area (TPSA) is 100 Å². The van der Waals surface area contributed by atoms with Gasteiger partial charge in [0.15, 0.2) is 17.1 Å². The fourth-order valence-corrected chi connectivity index (χ4v) is 2.51. The lowest BCUT2D eigenvalue weighted by atomic mass is 10.1. The highest BCUT2D eigenvalue weighted by Crippen LogP contribution is 2.23. The molecule has 8 heteroatoms. The third-order valence-electron chi connectivity index (χ3n) is 3.96. The molecular formula is C15H17N7O. The van der Waals surface area contributed by atoms with Gasteiger partial charge in [-0.05, 0) is 18.1 Å². The average molecular weight is 311 g/mol. The number of hydrogen-bond donors (Lipinski definition) is 1. The molecule has 0 fully saturated rings. The van der Waals surface area contributed by atoms with Crippen molar-refractivity contribution in [1.82, 2.24) is 29.4 Å². The summed E-state index contributed by atoms with van der Waals surface area (Å²) in [5, 5.41) is 9.71. The minimum Gasteiger partial charge on any atom is -0.461 e. The Hall–Kier alpha value is -2.90. The molecule has 2 N–H and O–H groups in total. The summed E-state index contributed by atoms with van der Waals surface area (Å²) in [6, 6.07) is 3.60. The molecule has 1 atom stereocenters. The molecule has 118 valence electrons. The highest BCUT2D eigenvalue weighted by Gasteiger charge is 2.17. The van der Waals surface area contributed by atoms with Crippen LogP contribution in [0.25, 0.3) is 28.3 Å². The van der Waals surface area contributed by atoms with Gasteiger partial charge in [-0.3, -0.25) is 4.68 Å². The second-order valence-electron chi connectivity index (χ2n) is 5.72. The Morgan fingerprint density at radius 1 is 1.30 bits per heavy atom. The average Bonchev–Trinajstić information content (AvgIpc) is 3.25. The van der Waals surface area contributed by atoms with Crippen molar-refractivity contribution in [3.63, 3.8) is 0 Å². The third kappa shape index (κ3) is 2.23. The van der Waals surface area contributed by atoms with E-state index in [0.717, 1.165) is 18.4 Å². The maximum absolute atomic E-state index is 6.00. The van der Waals surface area contributed by atoms with E-state index in [0.29, 0.717) is 28.8 Å². The SMILES string of the molecule is CCC(C)Cn1cc2c(nc(N)n3nc(-c4ccco4)nc23)n1. The predicted octanol–water partition coefficient (Wildman–Crippen LogP) is 2.36. The second-order valence-corrected chi connectivity index (χ2v) is 5.72. The number of nitrogen functional groups attached to an aromatic ring is 1. The molecule has 23 heavy (non-hydrogen) atoms. The maximum Gasteiger partial charge on any atom is 0.225 e. The Balaban J connectivity index is 1.89. The van der Waals surface area contributed by atoms with Crippen LogP contribution in [0.5, 0.6) is 0 Å². The summed E-state index contributed by atoms with van der Waals surface area (Å²) in [6.45, 7) is 5.18. The second kappa shape index (κ2) is 5.08. The first kappa shape index (κ1) is 13.7. The minimum atomic E-state index is 0.256. The van der Waals surface area contributed by atoms with Crippen LogP contribution in [0.15, 0.2) is 29.0 Å². The molecule has 0 aliphatic heterocycles. The summed E-state index contributed by atoms with van der Waals surface area (Å²) in [5.74, 6) is 1.86. The number of fused-ring (bicyclic) bond motifs is 3. The summed E-state index contributed by atoms with van der Waals surface area (Å²) in [5.41, 5.74) is 7.21. The quantitative estimate of drug-likeness (QED) is 0.621. The Labute approximate surface area is 131 Å². The number of nitrogens with two attached hydrogens (primary N) is 1. The number of anilines is 1. The van der Waals surface area contributed by atoms with Crippen LogP contribution in [0.4, 0.5) is 5.95 Å². The van der Waals surface area contributed by atoms with Crippen molar-refractivity contribution in [2.75, 3.05) is 5.73 Å². The van der Waals surface area contributed by atoms with Crippen molar-refractivity contribution >= 4 is 22.6 Å². The molecular weight excluding hydrogens is 294 g/mol. The Bertz CT molecular complexity index is 967. The molecule has 0 aliphatic rings. The van der Waals surface area contributed by atoms with Crippen LogP contribution in [0.2, 0.25) is 0 Å². The van der Waals surface area contributed by atoms with E-state index in [2.05, 4.69) is 34.0 Å². The van der Waals surface area contributed by atoms with Crippen molar-refractivity contribution in [1.29, 1.82) is 0 Å². The third-order valence-corrected chi connectivity index (χ3v) is 3.96. The number of hydrogen-bond acceptors (Lipinski definition) is 6. The molecule has 4 heterocycles. The van der Waals surface area contributed by atoms with E-state index < -0.39 is 0 Å². The summed E-state index contributed by atoms with van der Waals surface area (Å²) < 4.78 is 8.77. The van der Waals surface area contributed by atoms with Crippen LogP contribution >= 0.6 is 0 Å². The fourth-order valence-electron chi connectivity index (χ4n) is 2.51. The molecule has 0 saturated heterocycles. The predicted molar refractivity (Wildman–Crippen MR) is 85.6 cm³/mol. The molecule has 0 aliphatic carbocycles. The molecule has 0 bridgehead atoms. The maximum atomic E-state index is 6.00. The zero-order valence-corrected chi connectivity index (χ0v) is 13.0. The molecule has 0 radical (unpaired) electrons. The van der Waals surface area contributed by atoms with Gasteiger partial charge in [0, 0.05) is 12.7 Å². The first-order chi connectivity index (χ1) is 11.2. The molecule has 0 aromatic carbocycles. The van der Waals surface area contributed by atoms with Crippen LogP contribution in [0.1, 0.15) is 20.3 Å². The van der Waals surface area contributed by atoms with Gasteiger partial charge in [-0.25, -0.2) is 4.98 Å². The van der Waals surface area contributed by atoms with Gasteiger partial charge in [-0.2, -0.15) is 14.6 Å². The first-order valence-corrected chi connectivity index (χ1v) is 7.59. The summed E-state index contributed by atoms with van der Waals surface area (Å²) in [7, 11) is 0.